The second kappa shape index (κ2) is 7.60. The number of carbonyl (C=O) groups is 3. The van der Waals surface area contributed by atoms with Gasteiger partial charge < -0.3 is 10.2 Å². The van der Waals surface area contributed by atoms with Crippen molar-refractivity contribution in [2.75, 3.05) is 0 Å². The summed E-state index contributed by atoms with van der Waals surface area (Å²) in [6.45, 7) is 0. The molecule has 0 unspecified atom stereocenters. The van der Waals surface area contributed by atoms with E-state index in [2.05, 4.69) is 9.78 Å². The van der Waals surface area contributed by atoms with Crippen LogP contribution < -0.4 is 0 Å². The molecule has 1 fully saturated rings. The monoisotopic (exact) mass is 220 g/mol. The maximum Gasteiger partial charge on any atom is 0.547 e. The van der Waals surface area contributed by atoms with Crippen LogP contribution in [0.15, 0.2) is 0 Å². The molecule has 0 heterocycles. The zero-order chi connectivity index (χ0) is 11.7. The fourth-order valence-corrected chi connectivity index (χ4v) is 1.02. The number of ketones is 1. The van der Waals surface area contributed by atoms with Gasteiger partial charge in [-0.05, 0) is 12.8 Å². The number of rotatable bonds is 0. The van der Waals surface area contributed by atoms with Gasteiger partial charge in [0.25, 0.3) is 0 Å². The molecule has 7 nitrogen and oxygen atoms in total. The minimum Gasteiger partial charge on any atom is -0.447 e. The molecule has 0 atom stereocenters. The van der Waals surface area contributed by atoms with E-state index >= 15 is 0 Å². The molecule has 1 aliphatic carbocycles. The third kappa shape index (κ3) is 10.1. The van der Waals surface area contributed by atoms with E-state index in [1.165, 1.54) is 6.42 Å². The molecule has 0 saturated heterocycles. The van der Waals surface area contributed by atoms with E-state index in [1.54, 1.807) is 0 Å². The molecule has 0 bridgehead atoms. The second-order valence-corrected chi connectivity index (χ2v) is 2.80. The van der Waals surface area contributed by atoms with Gasteiger partial charge >= 0.3 is 12.3 Å². The van der Waals surface area contributed by atoms with Crippen LogP contribution in [0.1, 0.15) is 32.1 Å². The number of carbonyl (C=O) groups excluding carboxylic acids is 1. The molecule has 15 heavy (non-hydrogen) atoms. The minimum absolute atomic E-state index is 0.464. The standard InChI is InChI=1S/C6H10O.C2H2O6/c7-6-4-2-1-3-5-6;3-1(4)7-8-2(5)6/h1-5H2;(H,3,4)(H,5,6). The molecule has 1 saturated carbocycles. The summed E-state index contributed by atoms with van der Waals surface area (Å²) in [6.07, 6.45) is 1.64. The van der Waals surface area contributed by atoms with Crippen LogP contribution in [-0.2, 0) is 14.6 Å². The van der Waals surface area contributed by atoms with Crippen molar-refractivity contribution in [3.8, 4) is 0 Å². The first-order valence-corrected chi connectivity index (χ1v) is 4.34. The van der Waals surface area contributed by atoms with Crippen molar-refractivity contribution >= 4 is 18.1 Å². The summed E-state index contributed by atoms with van der Waals surface area (Å²) in [5.74, 6) is 0.464. The minimum atomic E-state index is -1.80. The summed E-state index contributed by atoms with van der Waals surface area (Å²) >= 11 is 0. The zero-order valence-electron chi connectivity index (χ0n) is 7.97. The third-order valence-electron chi connectivity index (χ3n) is 1.60. The lowest BCUT2D eigenvalue weighted by molar-refractivity contribution is -0.208. The van der Waals surface area contributed by atoms with Crippen molar-refractivity contribution in [1.82, 2.24) is 0 Å². The highest BCUT2D eigenvalue weighted by molar-refractivity contribution is 5.78. The van der Waals surface area contributed by atoms with E-state index < -0.39 is 12.3 Å². The van der Waals surface area contributed by atoms with Gasteiger partial charge in [0.2, 0.25) is 0 Å². The maximum absolute atomic E-state index is 10.5. The Kier molecular flexibility index (Phi) is 6.69. The Morgan fingerprint density at radius 3 is 1.53 bits per heavy atom. The van der Waals surface area contributed by atoms with Crippen molar-refractivity contribution in [2.24, 2.45) is 0 Å². The molecule has 2 N–H and O–H groups in total. The van der Waals surface area contributed by atoms with Crippen LogP contribution in [0, 0.1) is 0 Å². The van der Waals surface area contributed by atoms with E-state index in [0.29, 0.717) is 5.78 Å². The van der Waals surface area contributed by atoms with Crippen molar-refractivity contribution in [1.29, 1.82) is 0 Å². The summed E-state index contributed by atoms with van der Waals surface area (Å²) in [6, 6.07) is 0. The van der Waals surface area contributed by atoms with E-state index in [-0.39, 0.29) is 0 Å². The van der Waals surface area contributed by atoms with Crippen LogP contribution in [0.25, 0.3) is 0 Å². The molecule has 1 rings (SSSR count). The smallest absolute Gasteiger partial charge is 0.447 e. The number of hydrogen-bond acceptors (Lipinski definition) is 5. The van der Waals surface area contributed by atoms with E-state index in [9.17, 15) is 14.4 Å². The first-order chi connectivity index (χ1) is 7.02. The van der Waals surface area contributed by atoms with Gasteiger partial charge in [0.05, 0.1) is 0 Å². The molecule has 0 aromatic carbocycles. The Bertz CT molecular complexity index is 213. The summed E-state index contributed by atoms with van der Waals surface area (Å²) in [5.41, 5.74) is 0. The molecule has 86 valence electrons. The number of hydrogen-bond donors (Lipinski definition) is 2. The molecular weight excluding hydrogens is 208 g/mol. The normalized spacial score (nSPS) is 14.5. The number of Topliss-reactive ketones (excluding diaryl/α,β-unsaturated/α-hetero) is 1. The fraction of sp³-hybridized carbons (Fsp3) is 0.625. The molecule has 0 spiro atoms. The Balaban J connectivity index is 0.000000262. The van der Waals surface area contributed by atoms with Gasteiger partial charge in [0.1, 0.15) is 5.78 Å². The van der Waals surface area contributed by atoms with Crippen molar-refractivity contribution in [2.45, 2.75) is 32.1 Å². The van der Waals surface area contributed by atoms with Crippen LogP contribution in [0.3, 0.4) is 0 Å². The maximum atomic E-state index is 10.5. The lowest BCUT2D eigenvalue weighted by atomic mass is 10.00. The molecule has 1 aliphatic rings. The van der Waals surface area contributed by atoms with Gasteiger partial charge in [-0.1, -0.05) is 6.42 Å². The molecule has 0 aliphatic heterocycles. The number of carboxylic acid groups (broad SMARTS) is 2. The summed E-state index contributed by atoms with van der Waals surface area (Å²) in [4.78, 5) is 35.3. The summed E-state index contributed by atoms with van der Waals surface area (Å²) in [5, 5.41) is 15.1. The van der Waals surface area contributed by atoms with Crippen LogP contribution >= 0.6 is 0 Å². The van der Waals surface area contributed by atoms with Gasteiger partial charge in [0, 0.05) is 12.8 Å². The molecule has 0 amide bonds. The predicted octanol–water partition coefficient (Wildman–Crippen LogP) is 1.81. The average Bonchev–Trinajstić information content (AvgIpc) is 2.17. The van der Waals surface area contributed by atoms with Gasteiger partial charge in [-0.15, -0.1) is 0 Å². The fourth-order valence-electron chi connectivity index (χ4n) is 1.02. The summed E-state index contributed by atoms with van der Waals surface area (Å²) < 4.78 is 0. The van der Waals surface area contributed by atoms with E-state index in [4.69, 9.17) is 10.2 Å². The Morgan fingerprint density at radius 1 is 0.933 bits per heavy atom. The van der Waals surface area contributed by atoms with Crippen LogP contribution in [0.5, 0.6) is 0 Å². The first-order valence-electron chi connectivity index (χ1n) is 4.34. The van der Waals surface area contributed by atoms with Crippen LogP contribution in [-0.4, -0.2) is 28.3 Å². The lowest BCUT2D eigenvalue weighted by Crippen LogP contribution is -2.05. The van der Waals surface area contributed by atoms with E-state index in [1.807, 2.05) is 0 Å². The van der Waals surface area contributed by atoms with Gasteiger partial charge in [-0.25, -0.2) is 19.4 Å². The van der Waals surface area contributed by atoms with Crippen molar-refractivity contribution in [3.63, 3.8) is 0 Å². The molecule has 0 aromatic rings. The van der Waals surface area contributed by atoms with Crippen molar-refractivity contribution in [3.05, 3.63) is 0 Å². The van der Waals surface area contributed by atoms with Gasteiger partial charge in [-0.3, -0.25) is 4.79 Å². The van der Waals surface area contributed by atoms with Gasteiger partial charge in [-0.2, -0.15) is 0 Å². The average molecular weight is 220 g/mol. The lowest BCUT2D eigenvalue weighted by Gasteiger charge is -2.05. The van der Waals surface area contributed by atoms with Crippen LogP contribution in [0.4, 0.5) is 9.59 Å². The Labute approximate surface area is 85.5 Å². The van der Waals surface area contributed by atoms with Crippen molar-refractivity contribution < 1.29 is 34.4 Å². The molecule has 0 aromatic heterocycles. The van der Waals surface area contributed by atoms with E-state index in [0.717, 1.165) is 25.7 Å². The second-order valence-electron chi connectivity index (χ2n) is 2.80. The highest BCUT2D eigenvalue weighted by atomic mass is 17.2. The Morgan fingerprint density at radius 2 is 1.33 bits per heavy atom. The molecular formula is C8H12O7. The van der Waals surface area contributed by atoms with Gasteiger partial charge in [0.15, 0.2) is 0 Å². The third-order valence-corrected chi connectivity index (χ3v) is 1.60. The largest absolute Gasteiger partial charge is 0.547 e. The zero-order valence-corrected chi connectivity index (χ0v) is 7.97. The molecule has 7 heteroatoms. The van der Waals surface area contributed by atoms with Crippen LogP contribution in [0.2, 0.25) is 0 Å². The SMILES string of the molecule is O=C(O)OOC(=O)O.O=C1CCCCC1. The topological polar surface area (TPSA) is 110 Å². The summed E-state index contributed by atoms with van der Waals surface area (Å²) in [7, 11) is 0. The highest BCUT2D eigenvalue weighted by Crippen LogP contribution is 2.12. The first kappa shape index (κ1) is 13.2. The Hall–Kier alpha value is -1.79. The molecule has 0 radical (unpaired) electrons. The highest BCUT2D eigenvalue weighted by Gasteiger charge is 2.06. The quantitative estimate of drug-likeness (QED) is 0.473. The predicted molar refractivity (Wildman–Crippen MR) is 46.3 cm³/mol.